The number of aryl methyl sites for hydroxylation is 1. The molecular weight excluding hydrogens is 274 g/mol. The summed E-state index contributed by atoms with van der Waals surface area (Å²) in [5.41, 5.74) is 1.42. The molecule has 6 nitrogen and oxygen atoms in total. The highest BCUT2D eigenvalue weighted by molar-refractivity contribution is 8.03. The number of amides is 1. The number of aromatic nitrogens is 2. The van der Waals surface area contributed by atoms with Gasteiger partial charge in [-0.3, -0.25) is 9.69 Å². The number of β-lactam (4-membered cyclic amide) rings is 1. The average Bonchev–Trinajstić information content (AvgIpc) is 2.90. The van der Waals surface area contributed by atoms with Crippen molar-refractivity contribution in [1.82, 2.24) is 14.5 Å². The van der Waals surface area contributed by atoms with Crippen molar-refractivity contribution in [2.24, 2.45) is 0 Å². The van der Waals surface area contributed by atoms with E-state index in [-0.39, 0.29) is 17.0 Å². The van der Waals surface area contributed by atoms with Gasteiger partial charge in [-0.2, -0.15) is 0 Å². The fourth-order valence-electron chi connectivity index (χ4n) is 1.78. The van der Waals surface area contributed by atoms with Gasteiger partial charge in [-0.25, -0.2) is 4.79 Å². The lowest BCUT2D eigenvalue weighted by Crippen LogP contribution is -2.51. The molecule has 1 N–H and O–H groups in total. The first kappa shape index (κ1) is 11.4. The second-order valence-electron chi connectivity index (χ2n) is 3.79. The number of carboxylic acids is 1. The van der Waals surface area contributed by atoms with Crippen molar-refractivity contribution in [2.75, 3.05) is 0 Å². The Balaban J connectivity index is 1.89. The number of rotatable bonds is 2. The molecule has 0 radical (unpaired) electrons. The lowest BCUT2D eigenvalue weighted by Gasteiger charge is -2.37. The summed E-state index contributed by atoms with van der Waals surface area (Å²) in [6.07, 6.45) is 1.75. The van der Waals surface area contributed by atoms with Crippen LogP contribution < -0.4 is 0 Å². The maximum Gasteiger partial charge on any atom is 0.353 e. The molecule has 3 heterocycles. The van der Waals surface area contributed by atoms with Crippen LogP contribution in [-0.2, 0) is 9.59 Å². The Hall–Kier alpha value is -1.67. The molecule has 1 aromatic rings. The van der Waals surface area contributed by atoms with Gasteiger partial charge in [-0.1, -0.05) is 4.49 Å². The number of aliphatic carboxylic acids is 1. The van der Waals surface area contributed by atoms with E-state index in [4.69, 9.17) is 5.11 Å². The quantitative estimate of drug-likeness (QED) is 0.645. The third-order valence-corrected chi connectivity index (χ3v) is 4.58. The Morgan fingerprint density at radius 2 is 2.39 bits per heavy atom. The van der Waals surface area contributed by atoms with Crippen LogP contribution in [0.15, 0.2) is 16.7 Å². The SMILES string of the molecule is Cc1nnsc1C=C1C(=O)N2C(C(=O)O)=CS[C@@H]12. The fraction of sp³-hybridized carbons (Fsp3) is 0.200. The second-order valence-corrected chi connectivity index (χ2v) is 5.53. The van der Waals surface area contributed by atoms with Crippen LogP contribution in [-0.4, -0.2) is 36.8 Å². The molecule has 0 aliphatic carbocycles. The summed E-state index contributed by atoms with van der Waals surface area (Å²) in [6, 6.07) is 0. The molecule has 1 amide bonds. The number of thioether (sulfide) groups is 1. The maximum atomic E-state index is 11.9. The summed E-state index contributed by atoms with van der Waals surface area (Å²) in [7, 11) is 0. The topological polar surface area (TPSA) is 83.4 Å². The van der Waals surface area contributed by atoms with Gasteiger partial charge in [0.15, 0.2) is 0 Å². The molecule has 1 atom stereocenters. The van der Waals surface area contributed by atoms with Crippen LogP contribution in [0.25, 0.3) is 6.08 Å². The van der Waals surface area contributed by atoms with Gasteiger partial charge in [-0.15, -0.1) is 16.9 Å². The van der Waals surface area contributed by atoms with Gasteiger partial charge < -0.3 is 5.11 Å². The summed E-state index contributed by atoms with van der Waals surface area (Å²) in [5, 5.41) is 14.1. The van der Waals surface area contributed by atoms with Crippen molar-refractivity contribution in [3.05, 3.63) is 27.2 Å². The number of carbonyl (C=O) groups excluding carboxylic acids is 1. The van der Waals surface area contributed by atoms with Gasteiger partial charge in [-0.05, 0) is 24.5 Å². The molecule has 1 saturated heterocycles. The molecule has 3 rings (SSSR count). The van der Waals surface area contributed by atoms with Crippen LogP contribution in [0.4, 0.5) is 0 Å². The minimum Gasteiger partial charge on any atom is -0.477 e. The zero-order valence-electron chi connectivity index (χ0n) is 9.15. The van der Waals surface area contributed by atoms with Gasteiger partial charge in [0.05, 0.1) is 16.1 Å². The van der Waals surface area contributed by atoms with Crippen LogP contribution >= 0.6 is 23.3 Å². The highest BCUT2D eigenvalue weighted by atomic mass is 32.2. The predicted molar refractivity (Wildman–Crippen MR) is 66.6 cm³/mol. The Morgan fingerprint density at radius 1 is 1.61 bits per heavy atom. The van der Waals surface area contributed by atoms with Gasteiger partial charge in [0, 0.05) is 5.41 Å². The van der Waals surface area contributed by atoms with E-state index < -0.39 is 5.97 Å². The molecule has 0 bridgehead atoms. The van der Waals surface area contributed by atoms with E-state index in [2.05, 4.69) is 9.59 Å². The minimum atomic E-state index is -1.08. The van der Waals surface area contributed by atoms with Crippen LogP contribution in [0, 0.1) is 6.92 Å². The van der Waals surface area contributed by atoms with Crippen LogP contribution in [0.2, 0.25) is 0 Å². The number of hydrogen-bond donors (Lipinski definition) is 1. The normalized spacial score (nSPS) is 23.9. The number of hydrogen-bond acceptors (Lipinski definition) is 6. The van der Waals surface area contributed by atoms with Crippen LogP contribution in [0.3, 0.4) is 0 Å². The van der Waals surface area contributed by atoms with Crippen LogP contribution in [0.1, 0.15) is 10.6 Å². The molecule has 0 saturated carbocycles. The molecule has 18 heavy (non-hydrogen) atoms. The zero-order valence-corrected chi connectivity index (χ0v) is 10.8. The maximum absolute atomic E-state index is 11.9. The number of fused-ring (bicyclic) bond motifs is 1. The molecule has 2 aliphatic heterocycles. The molecule has 0 unspecified atom stereocenters. The molecule has 8 heteroatoms. The first-order valence-electron chi connectivity index (χ1n) is 5.02. The summed E-state index contributed by atoms with van der Waals surface area (Å²) >= 11 is 2.55. The van der Waals surface area contributed by atoms with E-state index in [0.29, 0.717) is 5.57 Å². The van der Waals surface area contributed by atoms with Gasteiger partial charge in [0.2, 0.25) is 0 Å². The van der Waals surface area contributed by atoms with Crippen molar-refractivity contribution < 1.29 is 14.7 Å². The standard InChI is InChI=1S/C10H7N3O3S2/c1-4-7(18-12-11-4)2-5-8(14)13-6(10(15)16)3-17-9(5)13/h2-3,9H,1H3,(H,15,16)/t9-/m0/s1. The summed E-state index contributed by atoms with van der Waals surface area (Å²) < 4.78 is 3.80. The van der Waals surface area contributed by atoms with E-state index in [1.54, 1.807) is 6.08 Å². The number of carbonyl (C=O) groups is 2. The minimum absolute atomic E-state index is 0.0475. The molecule has 0 aromatic carbocycles. The molecular formula is C10H7N3O3S2. The van der Waals surface area contributed by atoms with Crippen LogP contribution in [0.5, 0.6) is 0 Å². The Kier molecular flexibility index (Phi) is 2.49. The van der Waals surface area contributed by atoms with Gasteiger partial charge in [0.25, 0.3) is 5.91 Å². The van der Waals surface area contributed by atoms with E-state index in [1.165, 1.54) is 33.6 Å². The fourth-order valence-corrected chi connectivity index (χ4v) is 3.50. The summed E-state index contributed by atoms with van der Waals surface area (Å²) in [5.74, 6) is -1.33. The zero-order chi connectivity index (χ0) is 12.9. The van der Waals surface area contributed by atoms with Crippen molar-refractivity contribution in [2.45, 2.75) is 12.3 Å². The first-order valence-corrected chi connectivity index (χ1v) is 6.74. The lowest BCUT2D eigenvalue weighted by molar-refractivity contribution is -0.141. The van der Waals surface area contributed by atoms with Crippen molar-refractivity contribution in [3.63, 3.8) is 0 Å². The van der Waals surface area contributed by atoms with E-state index in [0.717, 1.165) is 10.6 Å². The Labute approximate surface area is 110 Å². The monoisotopic (exact) mass is 281 g/mol. The highest BCUT2D eigenvalue weighted by Crippen LogP contribution is 2.45. The second kappa shape index (κ2) is 3.92. The summed E-state index contributed by atoms with van der Waals surface area (Å²) in [6.45, 7) is 1.82. The Bertz CT molecular complexity index is 620. The third-order valence-electron chi connectivity index (χ3n) is 2.73. The Morgan fingerprint density at radius 3 is 3.00 bits per heavy atom. The molecule has 1 fully saturated rings. The predicted octanol–water partition coefficient (Wildman–Crippen LogP) is 1.07. The van der Waals surface area contributed by atoms with E-state index in [1.807, 2.05) is 6.92 Å². The van der Waals surface area contributed by atoms with Crippen molar-refractivity contribution >= 4 is 41.2 Å². The third kappa shape index (κ3) is 1.49. The van der Waals surface area contributed by atoms with E-state index >= 15 is 0 Å². The van der Waals surface area contributed by atoms with Gasteiger partial charge in [0.1, 0.15) is 11.1 Å². The number of nitrogens with zero attached hydrogens (tertiary/aromatic N) is 3. The number of carboxylic acid groups (broad SMARTS) is 1. The first-order chi connectivity index (χ1) is 8.59. The van der Waals surface area contributed by atoms with E-state index in [9.17, 15) is 9.59 Å². The summed E-state index contributed by atoms with van der Waals surface area (Å²) in [4.78, 5) is 24.9. The smallest absolute Gasteiger partial charge is 0.353 e. The van der Waals surface area contributed by atoms with Gasteiger partial charge >= 0.3 is 5.97 Å². The average molecular weight is 281 g/mol. The molecule has 92 valence electrons. The highest BCUT2D eigenvalue weighted by Gasteiger charge is 2.49. The van der Waals surface area contributed by atoms with Crippen molar-refractivity contribution in [3.8, 4) is 0 Å². The lowest BCUT2D eigenvalue weighted by atomic mass is 10.0. The largest absolute Gasteiger partial charge is 0.477 e. The van der Waals surface area contributed by atoms with Crippen molar-refractivity contribution in [1.29, 1.82) is 0 Å². The molecule has 0 spiro atoms. The molecule has 1 aromatic heterocycles. The molecule has 2 aliphatic rings.